The van der Waals surface area contributed by atoms with Gasteiger partial charge in [0.15, 0.2) is 17.3 Å². The van der Waals surface area contributed by atoms with Crippen LogP contribution >= 0.6 is 0 Å². The van der Waals surface area contributed by atoms with Crippen LogP contribution in [0, 0.1) is 0 Å². The van der Waals surface area contributed by atoms with Gasteiger partial charge in [0.2, 0.25) is 17.6 Å². The summed E-state index contributed by atoms with van der Waals surface area (Å²) in [7, 11) is 4.67. The summed E-state index contributed by atoms with van der Waals surface area (Å²) in [6, 6.07) is 3.73. The molecule has 3 rings (SSSR count). The van der Waals surface area contributed by atoms with Gasteiger partial charge in [-0.15, -0.1) is 0 Å². The van der Waals surface area contributed by atoms with Crippen molar-refractivity contribution in [1.29, 1.82) is 0 Å². The Morgan fingerprint density at radius 1 is 1.10 bits per heavy atom. The Morgan fingerprint density at radius 2 is 1.81 bits per heavy atom. The first kappa shape index (κ1) is 22.5. The molecule has 1 heterocycles. The van der Waals surface area contributed by atoms with Crippen LogP contribution in [0.5, 0.6) is 17.2 Å². The molecule has 0 spiro atoms. The summed E-state index contributed by atoms with van der Waals surface area (Å²) in [6.45, 7) is 2.09. The fraction of sp³-hybridized carbons (Fsp3) is 0.478. The Morgan fingerprint density at radius 3 is 2.42 bits per heavy atom. The third kappa shape index (κ3) is 5.13. The van der Waals surface area contributed by atoms with E-state index in [1.165, 1.54) is 6.20 Å². The van der Waals surface area contributed by atoms with Crippen LogP contribution in [0.4, 0.5) is 5.95 Å². The highest BCUT2D eigenvalue weighted by molar-refractivity contribution is 5.99. The van der Waals surface area contributed by atoms with Crippen molar-refractivity contribution < 1.29 is 23.8 Å². The Kier molecular flexibility index (Phi) is 7.44. The summed E-state index contributed by atoms with van der Waals surface area (Å²) in [6.07, 6.45) is 5.70. The Bertz CT molecular complexity index is 935. The van der Waals surface area contributed by atoms with Crippen molar-refractivity contribution in [2.45, 2.75) is 51.4 Å². The number of hydrogen-bond donors (Lipinski definition) is 1. The molecule has 0 radical (unpaired) electrons. The first-order valence-electron chi connectivity index (χ1n) is 10.5. The van der Waals surface area contributed by atoms with E-state index < -0.39 is 0 Å². The maximum absolute atomic E-state index is 12.8. The lowest BCUT2D eigenvalue weighted by molar-refractivity contribution is -0.116. The molecule has 1 aromatic carbocycles. The number of methoxy groups -OCH3 is 3. The van der Waals surface area contributed by atoms with Crippen molar-refractivity contribution in [3.8, 4) is 17.2 Å². The number of nitrogens with one attached hydrogen (secondary N) is 1. The summed E-state index contributed by atoms with van der Waals surface area (Å²) in [4.78, 5) is 33.5. The van der Waals surface area contributed by atoms with Crippen molar-refractivity contribution in [3.63, 3.8) is 0 Å². The molecule has 1 aromatic heterocycles. The topological polar surface area (TPSA) is 99.6 Å². The fourth-order valence-electron chi connectivity index (χ4n) is 3.80. The van der Waals surface area contributed by atoms with Crippen LogP contribution in [0.2, 0.25) is 0 Å². The Balaban J connectivity index is 1.83. The molecule has 1 N–H and O–H groups in total. The molecule has 0 fully saturated rings. The van der Waals surface area contributed by atoms with Gasteiger partial charge in [-0.2, -0.15) is 0 Å². The second kappa shape index (κ2) is 10.2. The molecular weight excluding hydrogens is 398 g/mol. The molecule has 1 amide bonds. The molecule has 1 aliphatic rings. The number of carbonyl (C=O) groups excluding carboxylic acids is 2. The van der Waals surface area contributed by atoms with Gasteiger partial charge in [0, 0.05) is 19.0 Å². The molecule has 1 aliphatic carbocycles. The number of amides is 1. The minimum absolute atomic E-state index is 0.0270. The first-order chi connectivity index (χ1) is 15.0. The van der Waals surface area contributed by atoms with Crippen LogP contribution in [0.3, 0.4) is 0 Å². The lowest BCUT2D eigenvalue weighted by Crippen LogP contribution is -2.22. The number of benzene rings is 1. The molecule has 166 valence electrons. The summed E-state index contributed by atoms with van der Waals surface area (Å²) >= 11 is 0. The third-order valence-corrected chi connectivity index (χ3v) is 5.46. The maximum atomic E-state index is 12.8. The van der Waals surface area contributed by atoms with E-state index >= 15 is 0 Å². The van der Waals surface area contributed by atoms with Crippen LogP contribution in [-0.2, 0) is 11.2 Å². The number of rotatable bonds is 9. The van der Waals surface area contributed by atoms with E-state index in [0.717, 1.165) is 24.8 Å². The van der Waals surface area contributed by atoms with Crippen LogP contribution in [-0.4, -0.2) is 43.0 Å². The predicted octanol–water partition coefficient (Wildman–Crippen LogP) is 3.93. The van der Waals surface area contributed by atoms with Gasteiger partial charge < -0.3 is 14.2 Å². The normalized spacial score (nSPS) is 15.2. The molecule has 31 heavy (non-hydrogen) atoms. The number of Topliss-reactive ketones (excluding diaryl/α,β-unsaturated/α-hetero) is 1. The van der Waals surface area contributed by atoms with Gasteiger partial charge in [0.25, 0.3) is 0 Å². The molecule has 8 heteroatoms. The zero-order valence-corrected chi connectivity index (χ0v) is 18.5. The largest absolute Gasteiger partial charge is 0.493 e. The van der Waals surface area contributed by atoms with E-state index in [9.17, 15) is 9.59 Å². The van der Waals surface area contributed by atoms with Crippen LogP contribution in [0.1, 0.15) is 66.6 Å². The standard InChI is InChI=1S/C23H29N3O5/c1-5-6-7-8-21(28)26-23-24-13-16-17(25-23)9-14(10-18(16)27)15-11-19(29-2)22(31-4)20(12-15)30-3/h11-14H,5-10H2,1-4H3,(H,24,25,26,28)/t14-/m1/s1. The number of nitrogens with zero attached hydrogens (tertiary/aromatic N) is 2. The van der Waals surface area contributed by atoms with E-state index in [1.54, 1.807) is 21.3 Å². The van der Waals surface area contributed by atoms with E-state index in [-0.39, 0.29) is 23.6 Å². The molecule has 0 saturated carbocycles. The van der Waals surface area contributed by atoms with E-state index in [2.05, 4.69) is 22.2 Å². The lowest BCUT2D eigenvalue weighted by atomic mass is 9.82. The van der Waals surface area contributed by atoms with E-state index in [0.29, 0.717) is 47.8 Å². The van der Waals surface area contributed by atoms with Crippen LogP contribution < -0.4 is 19.5 Å². The number of unbranched alkanes of at least 4 members (excludes halogenated alkanes) is 2. The number of ether oxygens (including phenoxy) is 3. The maximum Gasteiger partial charge on any atom is 0.229 e. The average molecular weight is 428 g/mol. The minimum atomic E-state index is -0.114. The van der Waals surface area contributed by atoms with Crippen molar-refractivity contribution in [2.24, 2.45) is 0 Å². The van der Waals surface area contributed by atoms with Gasteiger partial charge in [-0.05, 0) is 36.5 Å². The zero-order chi connectivity index (χ0) is 22.4. The second-order valence-corrected chi connectivity index (χ2v) is 7.55. The number of aromatic nitrogens is 2. The van der Waals surface area contributed by atoms with E-state index in [1.807, 2.05) is 12.1 Å². The molecule has 2 aromatic rings. The highest BCUT2D eigenvalue weighted by atomic mass is 16.5. The number of anilines is 1. The lowest BCUT2D eigenvalue weighted by Gasteiger charge is -2.24. The monoisotopic (exact) mass is 427 g/mol. The minimum Gasteiger partial charge on any atom is -0.493 e. The first-order valence-corrected chi connectivity index (χ1v) is 10.5. The molecule has 8 nitrogen and oxygen atoms in total. The van der Waals surface area contributed by atoms with Gasteiger partial charge in [0.05, 0.1) is 32.6 Å². The van der Waals surface area contributed by atoms with Gasteiger partial charge in [-0.25, -0.2) is 9.97 Å². The van der Waals surface area contributed by atoms with Crippen molar-refractivity contribution in [1.82, 2.24) is 9.97 Å². The van der Waals surface area contributed by atoms with Crippen molar-refractivity contribution in [3.05, 3.63) is 35.2 Å². The summed E-state index contributed by atoms with van der Waals surface area (Å²) < 4.78 is 16.3. The highest BCUT2D eigenvalue weighted by Gasteiger charge is 2.30. The number of ketones is 1. The molecule has 0 unspecified atom stereocenters. The molecular formula is C23H29N3O5. The van der Waals surface area contributed by atoms with Gasteiger partial charge in [-0.1, -0.05) is 19.8 Å². The van der Waals surface area contributed by atoms with Gasteiger partial charge in [-0.3, -0.25) is 14.9 Å². The van der Waals surface area contributed by atoms with Gasteiger partial charge >= 0.3 is 0 Å². The molecule has 1 atom stereocenters. The predicted molar refractivity (Wildman–Crippen MR) is 116 cm³/mol. The smallest absolute Gasteiger partial charge is 0.229 e. The third-order valence-electron chi connectivity index (χ3n) is 5.46. The van der Waals surface area contributed by atoms with Crippen molar-refractivity contribution >= 4 is 17.6 Å². The van der Waals surface area contributed by atoms with E-state index in [4.69, 9.17) is 14.2 Å². The average Bonchev–Trinajstić information content (AvgIpc) is 2.77. The van der Waals surface area contributed by atoms with Crippen LogP contribution in [0.15, 0.2) is 18.3 Å². The van der Waals surface area contributed by atoms with Crippen molar-refractivity contribution in [2.75, 3.05) is 26.6 Å². The molecule has 0 aliphatic heterocycles. The Labute approximate surface area is 182 Å². The fourth-order valence-corrected chi connectivity index (χ4v) is 3.80. The summed E-state index contributed by atoms with van der Waals surface area (Å²) in [5.74, 6) is 1.58. The second-order valence-electron chi connectivity index (χ2n) is 7.55. The van der Waals surface area contributed by atoms with Crippen LogP contribution in [0.25, 0.3) is 0 Å². The van der Waals surface area contributed by atoms with Gasteiger partial charge in [0.1, 0.15) is 0 Å². The quantitative estimate of drug-likeness (QED) is 0.605. The number of hydrogen-bond acceptors (Lipinski definition) is 7. The number of carbonyl (C=O) groups is 2. The zero-order valence-electron chi connectivity index (χ0n) is 18.5. The summed E-state index contributed by atoms with van der Waals surface area (Å²) in [5.41, 5.74) is 2.04. The SMILES string of the molecule is CCCCCC(=O)Nc1ncc2c(n1)C[C@@H](c1cc(OC)c(OC)c(OC)c1)CC2=O. The Hall–Kier alpha value is -3.16. The molecule has 0 saturated heterocycles. The molecule has 0 bridgehead atoms. The number of fused-ring (bicyclic) bond motifs is 1. The summed E-state index contributed by atoms with van der Waals surface area (Å²) in [5, 5.41) is 2.74. The highest BCUT2D eigenvalue weighted by Crippen LogP contribution is 2.42.